The maximum absolute atomic E-state index is 14.1. The van der Waals surface area contributed by atoms with E-state index in [4.69, 9.17) is 27.9 Å². The Bertz CT molecular complexity index is 610. The van der Waals surface area contributed by atoms with Gasteiger partial charge in [0, 0.05) is 10.0 Å². The fourth-order valence-electron chi connectivity index (χ4n) is 1.43. The second-order valence-electron chi connectivity index (χ2n) is 3.27. The number of methoxy groups -OCH3 is 1. The monoisotopic (exact) mass is 350 g/mol. The second kappa shape index (κ2) is 5.38. The zero-order valence-corrected chi connectivity index (χ0v) is 12.1. The van der Waals surface area contributed by atoms with Gasteiger partial charge in [-0.25, -0.2) is 14.4 Å². The first-order chi connectivity index (χ1) is 8.56. The van der Waals surface area contributed by atoms with Crippen LogP contribution in [0.5, 0.6) is 5.75 Å². The zero-order valence-electron chi connectivity index (χ0n) is 9.05. The van der Waals surface area contributed by atoms with Gasteiger partial charge in [0.15, 0.2) is 16.7 Å². The maximum atomic E-state index is 14.1. The molecule has 0 radical (unpaired) electrons. The van der Waals surface area contributed by atoms with Crippen molar-refractivity contribution in [3.8, 4) is 17.0 Å². The van der Waals surface area contributed by atoms with Crippen LogP contribution < -0.4 is 4.74 Å². The maximum Gasteiger partial charge on any atom is 0.182 e. The standard InChI is InChI=1S/C11H6BrCl2FN2O/c1-18-10-9(16-4-17-11(10)14)5-2-3-6(12)7(13)8(5)15/h2-4H,1H3. The smallest absolute Gasteiger partial charge is 0.182 e. The van der Waals surface area contributed by atoms with Crippen molar-refractivity contribution in [2.45, 2.75) is 0 Å². The third kappa shape index (κ3) is 2.30. The molecule has 94 valence electrons. The Morgan fingerprint density at radius 1 is 1.28 bits per heavy atom. The molecule has 1 aromatic heterocycles. The normalized spacial score (nSPS) is 10.5. The fourth-order valence-corrected chi connectivity index (χ4v) is 2.12. The Kier molecular flexibility index (Phi) is 4.04. The lowest BCUT2D eigenvalue weighted by atomic mass is 10.1. The molecule has 0 amide bonds. The highest BCUT2D eigenvalue weighted by Gasteiger charge is 2.18. The molecule has 1 aromatic carbocycles. The average molecular weight is 352 g/mol. The van der Waals surface area contributed by atoms with Gasteiger partial charge in [-0.3, -0.25) is 0 Å². The summed E-state index contributed by atoms with van der Waals surface area (Å²) in [5.41, 5.74) is 0.453. The van der Waals surface area contributed by atoms with E-state index in [0.29, 0.717) is 4.47 Å². The molecule has 0 saturated carbocycles. The van der Waals surface area contributed by atoms with E-state index in [1.807, 2.05) is 0 Å². The molecule has 0 spiro atoms. The van der Waals surface area contributed by atoms with Gasteiger partial charge in [0.05, 0.1) is 12.1 Å². The molecule has 18 heavy (non-hydrogen) atoms. The van der Waals surface area contributed by atoms with Crippen molar-refractivity contribution in [3.05, 3.63) is 38.9 Å². The highest BCUT2D eigenvalue weighted by molar-refractivity contribution is 9.10. The summed E-state index contributed by atoms with van der Waals surface area (Å²) in [6.07, 6.45) is 1.23. The number of rotatable bonds is 2. The first-order valence-electron chi connectivity index (χ1n) is 4.74. The summed E-state index contributed by atoms with van der Waals surface area (Å²) in [5, 5.41) is 0.0882. The van der Waals surface area contributed by atoms with Crippen molar-refractivity contribution in [3.63, 3.8) is 0 Å². The van der Waals surface area contributed by atoms with Gasteiger partial charge >= 0.3 is 0 Å². The van der Waals surface area contributed by atoms with Crippen LogP contribution in [0.3, 0.4) is 0 Å². The summed E-state index contributed by atoms with van der Waals surface area (Å²) in [4.78, 5) is 7.75. The zero-order chi connectivity index (χ0) is 13.3. The van der Waals surface area contributed by atoms with E-state index < -0.39 is 5.82 Å². The molecule has 0 saturated heterocycles. The molecular weight excluding hydrogens is 346 g/mol. The third-order valence-electron chi connectivity index (χ3n) is 2.25. The molecule has 0 aliphatic rings. The fraction of sp³-hybridized carbons (Fsp3) is 0.0909. The van der Waals surface area contributed by atoms with E-state index in [2.05, 4.69) is 25.9 Å². The van der Waals surface area contributed by atoms with Crippen LogP contribution in [-0.4, -0.2) is 17.1 Å². The summed E-state index contributed by atoms with van der Waals surface area (Å²) in [6, 6.07) is 3.16. The van der Waals surface area contributed by atoms with Gasteiger partial charge in [0.1, 0.15) is 12.0 Å². The molecule has 1 heterocycles. The predicted molar refractivity (Wildman–Crippen MR) is 71.7 cm³/mol. The Morgan fingerprint density at radius 2 is 2.00 bits per heavy atom. The molecule has 0 atom stereocenters. The lowest BCUT2D eigenvalue weighted by Crippen LogP contribution is -1.96. The topological polar surface area (TPSA) is 35.0 Å². The van der Waals surface area contributed by atoms with Crippen LogP contribution in [0.15, 0.2) is 22.9 Å². The largest absolute Gasteiger partial charge is 0.491 e. The summed E-state index contributed by atoms with van der Waals surface area (Å²) in [5.74, 6) is -0.393. The number of halogens is 4. The van der Waals surface area contributed by atoms with Crippen LogP contribution in [0.4, 0.5) is 4.39 Å². The molecule has 7 heteroatoms. The average Bonchev–Trinajstić information content (AvgIpc) is 2.36. The first-order valence-corrected chi connectivity index (χ1v) is 6.29. The van der Waals surface area contributed by atoms with Crippen LogP contribution in [0.2, 0.25) is 10.2 Å². The van der Waals surface area contributed by atoms with Crippen LogP contribution >= 0.6 is 39.1 Å². The number of hydrogen-bond acceptors (Lipinski definition) is 3. The van der Waals surface area contributed by atoms with E-state index in [1.54, 1.807) is 6.07 Å². The number of nitrogens with zero attached hydrogens (tertiary/aromatic N) is 2. The van der Waals surface area contributed by atoms with Crippen molar-refractivity contribution in [1.29, 1.82) is 0 Å². The van der Waals surface area contributed by atoms with Gasteiger partial charge in [-0.15, -0.1) is 0 Å². The Morgan fingerprint density at radius 3 is 2.67 bits per heavy atom. The molecule has 2 aromatic rings. The molecule has 0 aliphatic heterocycles. The van der Waals surface area contributed by atoms with Crippen molar-refractivity contribution in [1.82, 2.24) is 9.97 Å². The van der Waals surface area contributed by atoms with Gasteiger partial charge in [0.2, 0.25) is 0 Å². The van der Waals surface area contributed by atoms with Gasteiger partial charge in [-0.1, -0.05) is 23.2 Å². The molecule has 0 unspecified atom stereocenters. The minimum absolute atomic E-state index is 0.0238. The molecule has 0 N–H and O–H groups in total. The van der Waals surface area contributed by atoms with Crippen molar-refractivity contribution >= 4 is 39.1 Å². The number of benzene rings is 1. The Balaban J connectivity index is 2.70. The lowest BCUT2D eigenvalue weighted by Gasteiger charge is -2.10. The summed E-state index contributed by atoms with van der Waals surface area (Å²) in [7, 11) is 1.41. The van der Waals surface area contributed by atoms with Crippen LogP contribution in [0.25, 0.3) is 11.3 Å². The first kappa shape index (κ1) is 13.5. The molecule has 0 fully saturated rings. The van der Waals surface area contributed by atoms with Crippen molar-refractivity contribution in [2.24, 2.45) is 0 Å². The van der Waals surface area contributed by atoms with Gasteiger partial charge in [-0.05, 0) is 28.1 Å². The highest BCUT2D eigenvalue weighted by Crippen LogP contribution is 2.37. The quantitative estimate of drug-likeness (QED) is 0.595. The van der Waals surface area contributed by atoms with Gasteiger partial charge < -0.3 is 4.74 Å². The van der Waals surface area contributed by atoms with Crippen molar-refractivity contribution in [2.75, 3.05) is 7.11 Å². The summed E-state index contributed by atoms with van der Waals surface area (Å²) in [6.45, 7) is 0. The lowest BCUT2D eigenvalue weighted by molar-refractivity contribution is 0.412. The summed E-state index contributed by atoms with van der Waals surface area (Å²) < 4.78 is 19.6. The van der Waals surface area contributed by atoms with Crippen LogP contribution in [-0.2, 0) is 0 Å². The van der Waals surface area contributed by atoms with E-state index in [-0.39, 0.29) is 27.2 Å². The van der Waals surface area contributed by atoms with E-state index >= 15 is 0 Å². The predicted octanol–water partition coefficient (Wildman–Crippen LogP) is 4.36. The van der Waals surface area contributed by atoms with E-state index in [1.165, 1.54) is 19.5 Å². The van der Waals surface area contributed by atoms with E-state index in [9.17, 15) is 4.39 Å². The van der Waals surface area contributed by atoms with Crippen molar-refractivity contribution < 1.29 is 9.13 Å². The van der Waals surface area contributed by atoms with Gasteiger partial charge in [0.25, 0.3) is 0 Å². The minimum Gasteiger partial charge on any atom is -0.491 e. The molecule has 2 rings (SSSR count). The second-order valence-corrected chi connectivity index (χ2v) is 4.86. The van der Waals surface area contributed by atoms with Crippen LogP contribution in [0, 0.1) is 5.82 Å². The number of hydrogen-bond donors (Lipinski definition) is 0. The molecule has 0 aliphatic carbocycles. The Labute approximate surface area is 121 Å². The molecule has 0 bridgehead atoms. The van der Waals surface area contributed by atoms with E-state index in [0.717, 1.165) is 0 Å². The highest BCUT2D eigenvalue weighted by atomic mass is 79.9. The van der Waals surface area contributed by atoms with Gasteiger partial charge in [-0.2, -0.15) is 0 Å². The summed E-state index contributed by atoms with van der Waals surface area (Å²) >= 11 is 14.8. The molecular formula is C11H6BrCl2FN2O. The Hall–Kier alpha value is -0.910. The minimum atomic E-state index is -0.598. The SMILES string of the molecule is COc1c(Cl)ncnc1-c1ccc(Br)c(Cl)c1F. The third-order valence-corrected chi connectivity index (χ3v) is 3.78. The number of aromatic nitrogens is 2. The van der Waals surface area contributed by atoms with Crippen LogP contribution in [0.1, 0.15) is 0 Å². The molecule has 3 nitrogen and oxygen atoms in total. The number of ether oxygens (including phenoxy) is 1.